The Morgan fingerprint density at radius 1 is 1.03 bits per heavy atom. The van der Waals surface area contributed by atoms with Crippen molar-refractivity contribution in [3.8, 4) is 0 Å². The van der Waals surface area contributed by atoms with Crippen molar-refractivity contribution < 1.29 is 9.59 Å². The van der Waals surface area contributed by atoms with Crippen molar-refractivity contribution in [2.75, 3.05) is 32.7 Å². The van der Waals surface area contributed by atoms with E-state index in [2.05, 4.69) is 15.1 Å². The number of nitrogens with zero attached hydrogens (tertiary/aromatic N) is 3. The van der Waals surface area contributed by atoms with E-state index >= 15 is 0 Å². The molecule has 0 atom stereocenters. The predicted molar refractivity (Wildman–Crippen MR) is 129 cm³/mol. The Hall–Kier alpha value is -3.32. The molecule has 2 aromatic carbocycles. The highest BCUT2D eigenvalue weighted by Gasteiger charge is 2.25. The van der Waals surface area contributed by atoms with Gasteiger partial charge in [-0.15, -0.1) is 0 Å². The van der Waals surface area contributed by atoms with E-state index < -0.39 is 0 Å². The van der Waals surface area contributed by atoms with E-state index in [1.807, 2.05) is 62.1 Å². The molecule has 0 bridgehead atoms. The molecule has 7 heteroatoms. The summed E-state index contributed by atoms with van der Waals surface area (Å²) in [7, 11) is 0. The summed E-state index contributed by atoms with van der Waals surface area (Å²) >= 11 is 0. The Bertz CT molecular complexity index is 1240. The summed E-state index contributed by atoms with van der Waals surface area (Å²) in [6, 6.07) is 13.3. The van der Waals surface area contributed by atoms with Crippen LogP contribution in [-0.2, 0) is 11.2 Å². The van der Waals surface area contributed by atoms with E-state index in [0.717, 1.165) is 22.2 Å². The first-order chi connectivity index (χ1) is 15.8. The number of aromatic nitrogens is 2. The van der Waals surface area contributed by atoms with Crippen LogP contribution < -0.4 is 5.56 Å². The molecule has 7 nitrogen and oxygen atoms in total. The van der Waals surface area contributed by atoms with Crippen LogP contribution in [0.2, 0.25) is 0 Å². The number of H-pyrrole nitrogens is 1. The first-order valence-corrected chi connectivity index (χ1v) is 11.4. The van der Waals surface area contributed by atoms with Gasteiger partial charge in [0.15, 0.2) is 0 Å². The number of carbonyl (C=O) groups is 2. The molecule has 1 fully saturated rings. The van der Waals surface area contributed by atoms with Crippen LogP contribution in [-0.4, -0.2) is 64.4 Å². The van der Waals surface area contributed by atoms with Gasteiger partial charge in [-0.25, -0.2) is 5.10 Å². The summed E-state index contributed by atoms with van der Waals surface area (Å²) in [4.78, 5) is 41.4. The lowest BCUT2D eigenvalue weighted by molar-refractivity contribution is -0.123. The third-order valence-electron chi connectivity index (χ3n) is 6.36. The van der Waals surface area contributed by atoms with Gasteiger partial charge < -0.3 is 4.90 Å². The average Bonchev–Trinajstić information content (AvgIpc) is 2.82. The molecule has 1 amide bonds. The molecule has 0 radical (unpaired) electrons. The highest BCUT2D eigenvalue weighted by molar-refractivity contribution is 5.96. The number of piperazine rings is 1. The zero-order valence-electron chi connectivity index (χ0n) is 19.4. The molecule has 0 aliphatic carbocycles. The Balaban J connectivity index is 1.49. The maximum Gasteiger partial charge on any atom is 0.272 e. The van der Waals surface area contributed by atoms with Crippen LogP contribution in [0.1, 0.15) is 41.0 Å². The van der Waals surface area contributed by atoms with Gasteiger partial charge in [-0.3, -0.25) is 19.3 Å². The molecule has 1 saturated heterocycles. The van der Waals surface area contributed by atoms with Gasteiger partial charge in [0.1, 0.15) is 5.78 Å². The Kier molecular flexibility index (Phi) is 6.70. The number of carbonyl (C=O) groups excluding carboxylic acids is 2. The van der Waals surface area contributed by atoms with Crippen molar-refractivity contribution in [2.24, 2.45) is 5.92 Å². The number of hydrogen-bond donors (Lipinski definition) is 1. The van der Waals surface area contributed by atoms with Crippen LogP contribution in [0.3, 0.4) is 0 Å². The number of benzene rings is 2. The number of ketones is 1. The summed E-state index contributed by atoms with van der Waals surface area (Å²) < 4.78 is 0. The molecule has 0 unspecified atom stereocenters. The lowest BCUT2D eigenvalue weighted by atomic mass is 9.99. The quantitative estimate of drug-likeness (QED) is 0.629. The second kappa shape index (κ2) is 9.67. The third-order valence-corrected chi connectivity index (χ3v) is 6.36. The van der Waals surface area contributed by atoms with Crippen molar-refractivity contribution in [1.29, 1.82) is 0 Å². The summed E-state index contributed by atoms with van der Waals surface area (Å²) in [6.07, 6.45) is 0.517. The molecule has 2 heterocycles. The highest BCUT2D eigenvalue weighted by atomic mass is 16.2. The van der Waals surface area contributed by atoms with Crippen LogP contribution in [0.15, 0.2) is 47.3 Å². The van der Waals surface area contributed by atoms with Crippen molar-refractivity contribution in [2.45, 2.75) is 27.2 Å². The van der Waals surface area contributed by atoms with Gasteiger partial charge in [-0.2, -0.15) is 5.10 Å². The van der Waals surface area contributed by atoms with E-state index in [1.165, 1.54) is 0 Å². The van der Waals surface area contributed by atoms with E-state index in [9.17, 15) is 14.4 Å². The van der Waals surface area contributed by atoms with E-state index in [-0.39, 0.29) is 23.2 Å². The number of aromatic amines is 1. The van der Waals surface area contributed by atoms with Gasteiger partial charge in [-0.05, 0) is 30.2 Å². The van der Waals surface area contributed by atoms with Crippen LogP contribution >= 0.6 is 0 Å². The average molecular weight is 447 g/mol. The zero-order chi connectivity index (χ0) is 23.5. The number of nitrogens with one attached hydrogen (secondary N) is 1. The molecule has 0 spiro atoms. The molecule has 3 aromatic rings. The topological polar surface area (TPSA) is 86.4 Å². The van der Waals surface area contributed by atoms with Crippen LogP contribution in [0.25, 0.3) is 10.8 Å². The number of amides is 1. The van der Waals surface area contributed by atoms with E-state index in [0.29, 0.717) is 50.1 Å². The molecule has 1 aliphatic rings. The second-order valence-electron chi connectivity index (χ2n) is 9.06. The van der Waals surface area contributed by atoms with E-state index in [1.54, 1.807) is 6.07 Å². The Morgan fingerprint density at radius 2 is 1.73 bits per heavy atom. The maximum atomic E-state index is 13.3. The molecule has 0 saturated carbocycles. The largest absolute Gasteiger partial charge is 0.336 e. The van der Waals surface area contributed by atoms with Crippen LogP contribution in [0.5, 0.6) is 0 Å². The van der Waals surface area contributed by atoms with Crippen LogP contribution in [0, 0.1) is 12.8 Å². The first kappa shape index (κ1) is 22.9. The van der Waals surface area contributed by atoms with E-state index in [4.69, 9.17) is 0 Å². The fourth-order valence-corrected chi connectivity index (χ4v) is 4.19. The molecule has 33 heavy (non-hydrogen) atoms. The molecule has 4 rings (SSSR count). The maximum absolute atomic E-state index is 13.3. The molecule has 172 valence electrons. The third kappa shape index (κ3) is 5.03. The monoisotopic (exact) mass is 446 g/mol. The Morgan fingerprint density at radius 3 is 2.42 bits per heavy atom. The fourth-order valence-electron chi connectivity index (χ4n) is 4.19. The zero-order valence-corrected chi connectivity index (χ0v) is 19.4. The van der Waals surface area contributed by atoms with Crippen molar-refractivity contribution >= 4 is 22.5 Å². The second-order valence-corrected chi connectivity index (χ2v) is 9.06. The summed E-state index contributed by atoms with van der Waals surface area (Å²) in [6.45, 7) is 8.87. The van der Waals surface area contributed by atoms with Gasteiger partial charge in [0.05, 0.1) is 17.6 Å². The summed E-state index contributed by atoms with van der Waals surface area (Å²) in [5.74, 6) is 0.286. The standard InChI is InChI=1S/C26H30N4O3/c1-17(2)24(31)16-29-10-12-30(13-11-29)26(33)22-14-19(9-8-18(22)3)15-23-20-6-4-5-7-21(20)25(32)28-27-23/h4-9,14,17H,10-13,15-16H2,1-3H3,(H,28,32). The SMILES string of the molecule is Cc1ccc(Cc2n[nH]c(=O)c3ccccc23)cc1C(=O)N1CCN(CC(=O)C(C)C)CC1. The lowest BCUT2D eigenvalue weighted by Gasteiger charge is -2.35. The van der Waals surface area contributed by atoms with Gasteiger partial charge in [0.25, 0.3) is 11.5 Å². The van der Waals surface area contributed by atoms with Gasteiger partial charge in [0, 0.05) is 49.5 Å². The number of fused-ring (bicyclic) bond motifs is 1. The highest BCUT2D eigenvalue weighted by Crippen LogP contribution is 2.20. The minimum atomic E-state index is -0.205. The van der Waals surface area contributed by atoms with Gasteiger partial charge in [0.2, 0.25) is 0 Å². The molecule has 1 N–H and O–H groups in total. The van der Waals surface area contributed by atoms with Gasteiger partial charge >= 0.3 is 0 Å². The molecular weight excluding hydrogens is 416 g/mol. The molecule has 1 aliphatic heterocycles. The fraction of sp³-hybridized carbons (Fsp3) is 0.385. The van der Waals surface area contributed by atoms with Crippen LogP contribution in [0.4, 0.5) is 0 Å². The summed E-state index contributed by atoms with van der Waals surface area (Å²) in [5, 5.41) is 8.28. The number of Topliss-reactive ketones (excluding diaryl/α,β-unsaturated/α-hetero) is 1. The number of hydrogen-bond acceptors (Lipinski definition) is 5. The number of aryl methyl sites for hydroxylation is 1. The normalized spacial score (nSPS) is 14.7. The minimum Gasteiger partial charge on any atom is -0.336 e. The Labute approximate surface area is 193 Å². The van der Waals surface area contributed by atoms with Gasteiger partial charge in [-0.1, -0.05) is 44.2 Å². The lowest BCUT2D eigenvalue weighted by Crippen LogP contribution is -2.50. The first-order valence-electron chi connectivity index (χ1n) is 11.4. The summed E-state index contributed by atoms with van der Waals surface area (Å²) in [5.41, 5.74) is 3.16. The smallest absolute Gasteiger partial charge is 0.272 e. The molecular formula is C26H30N4O3. The van der Waals surface area contributed by atoms with Crippen molar-refractivity contribution in [1.82, 2.24) is 20.0 Å². The van der Waals surface area contributed by atoms with Crippen molar-refractivity contribution in [3.05, 3.63) is 75.2 Å². The predicted octanol–water partition coefficient (Wildman–Crippen LogP) is 2.81. The van der Waals surface area contributed by atoms with Crippen molar-refractivity contribution in [3.63, 3.8) is 0 Å². The minimum absolute atomic E-state index is 0.0171. The molecule has 1 aromatic heterocycles. The number of rotatable bonds is 6.